The molecule has 3 aromatic rings. The van der Waals surface area contributed by atoms with E-state index in [1.165, 1.54) is 17.4 Å². The van der Waals surface area contributed by atoms with Gasteiger partial charge in [-0.2, -0.15) is 0 Å². The van der Waals surface area contributed by atoms with Gasteiger partial charge in [0.05, 0.1) is 24.1 Å². The molecule has 1 aromatic heterocycles. The second kappa shape index (κ2) is 9.91. The molecule has 1 aliphatic carbocycles. The van der Waals surface area contributed by atoms with Crippen molar-refractivity contribution in [3.8, 4) is 21.9 Å². The number of hydrogen-bond acceptors (Lipinski definition) is 5. The van der Waals surface area contributed by atoms with Crippen molar-refractivity contribution in [3.05, 3.63) is 64.0 Å². The lowest BCUT2D eigenvalue weighted by molar-refractivity contribution is 0.0745. The summed E-state index contributed by atoms with van der Waals surface area (Å²) in [7, 11) is 3.23. The molecule has 2 aromatic carbocycles. The Hall–Kier alpha value is -2.93. The minimum absolute atomic E-state index is 0.0947. The molecular formula is C26H29FN2O3S. The van der Waals surface area contributed by atoms with Gasteiger partial charge < -0.3 is 14.4 Å². The fourth-order valence-corrected chi connectivity index (χ4v) is 4.75. The number of hydrogen-bond donors (Lipinski definition) is 0. The van der Waals surface area contributed by atoms with Gasteiger partial charge in [-0.05, 0) is 73.9 Å². The van der Waals surface area contributed by atoms with Crippen LogP contribution in [0, 0.1) is 25.6 Å². The van der Waals surface area contributed by atoms with Crippen LogP contribution in [0.25, 0.3) is 10.4 Å². The molecule has 0 bridgehead atoms. The number of ether oxygens (including phenoxy) is 2. The molecule has 1 saturated carbocycles. The quantitative estimate of drug-likeness (QED) is 0.406. The Balaban J connectivity index is 1.58. The number of carbonyl (C=O) groups is 1. The van der Waals surface area contributed by atoms with Crippen molar-refractivity contribution in [3.63, 3.8) is 0 Å². The van der Waals surface area contributed by atoms with Crippen LogP contribution in [0.2, 0.25) is 0 Å². The number of amides is 1. The third-order valence-corrected chi connectivity index (χ3v) is 6.97. The molecule has 33 heavy (non-hydrogen) atoms. The Morgan fingerprint density at radius 3 is 2.55 bits per heavy atom. The van der Waals surface area contributed by atoms with Crippen LogP contribution in [0.1, 0.15) is 39.5 Å². The van der Waals surface area contributed by atoms with Crippen molar-refractivity contribution in [1.82, 2.24) is 9.88 Å². The Labute approximate surface area is 198 Å². The van der Waals surface area contributed by atoms with Gasteiger partial charge in [-0.1, -0.05) is 18.2 Å². The van der Waals surface area contributed by atoms with E-state index in [1.54, 1.807) is 27.2 Å². The van der Waals surface area contributed by atoms with Crippen molar-refractivity contribution < 1.29 is 18.7 Å². The predicted molar refractivity (Wildman–Crippen MR) is 129 cm³/mol. The highest BCUT2D eigenvalue weighted by Crippen LogP contribution is 2.34. The van der Waals surface area contributed by atoms with Gasteiger partial charge in [0.25, 0.3) is 5.91 Å². The van der Waals surface area contributed by atoms with Crippen molar-refractivity contribution >= 4 is 17.2 Å². The number of thiazole rings is 1. The lowest BCUT2D eigenvalue weighted by Crippen LogP contribution is -2.35. The molecule has 0 unspecified atom stereocenters. The summed E-state index contributed by atoms with van der Waals surface area (Å²) in [4.78, 5) is 20.8. The molecular weight excluding hydrogens is 439 g/mol. The number of nitrogens with zero attached hydrogens (tertiary/aromatic N) is 2. The summed E-state index contributed by atoms with van der Waals surface area (Å²) >= 11 is 1.43. The number of benzene rings is 2. The Morgan fingerprint density at radius 1 is 1.12 bits per heavy atom. The fraction of sp³-hybridized carbons (Fsp3) is 0.385. The zero-order chi connectivity index (χ0) is 23.5. The maximum atomic E-state index is 14.2. The van der Waals surface area contributed by atoms with Gasteiger partial charge in [0.2, 0.25) is 0 Å². The summed E-state index contributed by atoms with van der Waals surface area (Å²) in [5.41, 5.74) is 2.75. The van der Waals surface area contributed by atoms with E-state index >= 15 is 0 Å². The van der Waals surface area contributed by atoms with Gasteiger partial charge in [-0.15, -0.1) is 11.3 Å². The van der Waals surface area contributed by atoms with Crippen molar-refractivity contribution in [2.45, 2.75) is 33.1 Å². The molecule has 5 nitrogen and oxygen atoms in total. The van der Waals surface area contributed by atoms with Gasteiger partial charge in [-0.25, -0.2) is 9.37 Å². The molecule has 1 aliphatic rings. The third-order valence-electron chi connectivity index (χ3n) is 5.95. The van der Waals surface area contributed by atoms with Crippen LogP contribution >= 0.6 is 11.3 Å². The first-order valence-corrected chi connectivity index (χ1v) is 12.0. The molecule has 0 atom stereocenters. The smallest absolute Gasteiger partial charge is 0.274 e. The van der Waals surface area contributed by atoms with Gasteiger partial charge >= 0.3 is 0 Å². The number of carbonyl (C=O) groups excluding carboxylic acids is 1. The molecule has 1 heterocycles. The van der Waals surface area contributed by atoms with Crippen LogP contribution in [-0.4, -0.2) is 43.1 Å². The zero-order valence-corrected chi connectivity index (χ0v) is 20.3. The van der Waals surface area contributed by atoms with E-state index in [1.807, 2.05) is 36.1 Å². The Bertz CT molecular complexity index is 1160. The number of aromatic nitrogens is 1. The highest BCUT2D eigenvalue weighted by molar-refractivity contribution is 7.15. The monoisotopic (exact) mass is 468 g/mol. The maximum absolute atomic E-state index is 14.2. The number of halogens is 1. The van der Waals surface area contributed by atoms with Crippen LogP contribution < -0.4 is 9.47 Å². The minimum atomic E-state index is -0.278. The van der Waals surface area contributed by atoms with Crippen LogP contribution in [-0.2, 0) is 6.42 Å². The molecule has 7 heteroatoms. The van der Waals surface area contributed by atoms with E-state index in [9.17, 15) is 9.18 Å². The van der Waals surface area contributed by atoms with Crippen molar-refractivity contribution in [2.75, 3.05) is 27.3 Å². The number of methoxy groups -OCH3 is 2. The van der Waals surface area contributed by atoms with E-state index in [0.717, 1.165) is 28.3 Å². The van der Waals surface area contributed by atoms with Crippen LogP contribution in [0.4, 0.5) is 4.39 Å². The topological polar surface area (TPSA) is 51.7 Å². The highest BCUT2D eigenvalue weighted by Gasteiger charge is 2.30. The average molecular weight is 469 g/mol. The van der Waals surface area contributed by atoms with Gasteiger partial charge in [0.15, 0.2) is 11.5 Å². The van der Waals surface area contributed by atoms with Crippen LogP contribution in [0.3, 0.4) is 0 Å². The predicted octanol–water partition coefficient (Wildman–Crippen LogP) is 5.68. The van der Waals surface area contributed by atoms with E-state index in [2.05, 4.69) is 4.98 Å². The zero-order valence-electron chi connectivity index (χ0n) is 19.5. The molecule has 0 radical (unpaired) electrons. The summed E-state index contributed by atoms with van der Waals surface area (Å²) in [6.07, 6.45) is 2.98. The molecule has 1 fully saturated rings. The molecule has 0 saturated heterocycles. The maximum Gasteiger partial charge on any atom is 0.274 e. The van der Waals surface area contributed by atoms with Crippen LogP contribution in [0.5, 0.6) is 11.5 Å². The fourth-order valence-electron chi connectivity index (χ4n) is 3.84. The summed E-state index contributed by atoms with van der Waals surface area (Å²) in [5.74, 6) is 1.52. The van der Waals surface area contributed by atoms with E-state index in [4.69, 9.17) is 9.47 Å². The first-order chi connectivity index (χ1) is 15.9. The van der Waals surface area contributed by atoms with Crippen molar-refractivity contribution in [2.24, 2.45) is 5.92 Å². The normalized spacial score (nSPS) is 13.1. The number of aryl methyl sites for hydroxylation is 2. The molecule has 0 spiro atoms. The summed E-state index contributed by atoms with van der Waals surface area (Å²) in [6.45, 7) is 4.90. The van der Waals surface area contributed by atoms with E-state index < -0.39 is 0 Å². The largest absolute Gasteiger partial charge is 0.493 e. The lowest BCUT2D eigenvalue weighted by atomic mass is 10.1. The summed E-state index contributed by atoms with van der Waals surface area (Å²) in [6, 6.07) is 10.9. The van der Waals surface area contributed by atoms with Gasteiger partial charge in [0, 0.05) is 13.1 Å². The van der Waals surface area contributed by atoms with Gasteiger partial charge in [-0.3, -0.25) is 4.79 Å². The van der Waals surface area contributed by atoms with Crippen LogP contribution in [0.15, 0.2) is 36.4 Å². The molecule has 174 valence electrons. The Morgan fingerprint density at radius 2 is 1.88 bits per heavy atom. The summed E-state index contributed by atoms with van der Waals surface area (Å²) < 4.78 is 25.0. The second-order valence-corrected chi connectivity index (χ2v) is 9.71. The standard InChI is InChI=1S/C26H29FN2O3S/c1-16-5-9-20(14-21(16)27)25-24(28-17(2)33-25)26(30)29(15-19-6-7-19)12-11-18-8-10-22(31-3)23(13-18)32-4/h5,8-10,13-14,19H,6-7,11-12,15H2,1-4H3. The number of rotatable bonds is 9. The molecule has 4 rings (SSSR count). The minimum Gasteiger partial charge on any atom is -0.493 e. The summed E-state index contributed by atoms with van der Waals surface area (Å²) in [5, 5.41) is 0.792. The molecule has 0 N–H and O–H groups in total. The SMILES string of the molecule is COc1ccc(CCN(CC2CC2)C(=O)c2nc(C)sc2-c2ccc(C)c(F)c2)cc1OC. The highest BCUT2D eigenvalue weighted by atomic mass is 32.1. The van der Waals surface area contributed by atoms with E-state index in [-0.39, 0.29) is 11.7 Å². The van der Waals surface area contributed by atoms with Crippen molar-refractivity contribution in [1.29, 1.82) is 0 Å². The van der Waals surface area contributed by atoms with Gasteiger partial charge in [0.1, 0.15) is 11.5 Å². The third kappa shape index (κ3) is 5.36. The first-order valence-electron chi connectivity index (χ1n) is 11.1. The lowest BCUT2D eigenvalue weighted by Gasteiger charge is -2.23. The molecule has 0 aliphatic heterocycles. The van der Waals surface area contributed by atoms with E-state index in [0.29, 0.717) is 53.7 Å². The first kappa shape index (κ1) is 23.2. The second-order valence-electron chi connectivity index (χ2n) is 8.51. The average Bonchev–Trinajstić information content (AvgIpc) is 3.56. The Kier molecular flexibility index (Phi) is 6.98. The molecule has 1 amide bonds.